The highest BCUT2D eigenvalue weighted by atomic mass is 79.9. The van der Waals surface area contributed by atoms with Gasteiger partial charge in [0.25, 0.3) is 5.91 Å². The van der Waals surface area contributed by atoms with Crippen molar-refractivity contribution in [1.29, 1.82) is 0 Å². The van der Waals surface area contributed by atoms with Crippen molar-refractivity contribution in [2.24, 2.45) is 0 Å². The Balaban J connectivity index is 0.000000187. The van der Waals surface area contributed by atoms with Crippen LogP contribution in [0.25, 0.3) is 64.6 Å². The van der Waals surface area contributed by atoms with Crippen LogP contribution in [-0.4, -0.2) is 120 Å². The summed E-state index contributed by atoms with van der Waals surface area (Å²) < 4.78 is 27.4. The van der Waals surface area contributed by atoms with Crippen LogP contribution in [-0.2, 0) is 23.7 Å². The first-order valence-corrected chi connectivity index (χ1v) is 36.0. The minimum absolute atomic E-state index is 0.0837. The number of esters is 1. The number of nitrogens with two attached hydrogens (primary N) is 2. The molecule has 0 fully saturated rings. The zero-order valence-corrected chi connectivity index (χ0v) is 67.0. The second kappa shape index (κ2) is 38.0. The third-order valence-corrected chi connectivity index (χ3v) is 15.6. The smallest absolute Gasteiger partial charge is 0.413 e. The molecule has 27 nitrogen and oxygen atoms in total. The summed E-state index contributed by atoms with van der Waals surface area (Å²) in [6.07, 6.45) is 8.23. The average Bonchev–Trinajstić information content (AvgIpc) is 0.834. The number of hydrogen-bond donors (Lipinski definition) is 8. The fourth-order valence-electron chi connectivity index (χ4n) is 9.77. The molecule has 111 heavy (non-hydrogen) atoms. The van der Waals surface area contributed by atoms with Crippen molar-refractivity contribution in [2.75, 3.05) is 46.9 Å². The van der Waals surface area contributed by atoms with E-state index in [1.807, 2.05) is 94.4 Å². The van der Waals surface area contributed by atoms with Gasteiger partial charge >= 0.3 is 36.3 Å². The van der Waals surface area contributed by atoms with Crippen molar-refractivity contribution in [3.05, 3.63) is 214 Å². The second-order valence-corrected chi connectivity index (χ2v) is 30.2. The zero-order chi connectivity index (χ0) is 81.7. The summed E-state index contributed by atoms with van der Waals surface area (Å²) >= 11 is 6.81. The molecule has 0 bridgehead atoms. The summed E-state index contributed by atoms with van der Waals surface area (Å²) in [4.78, 5) is 117. The monoisotopic (exact) mass is 1640 g/mol. The number of pyridine rings is 6. The van der Waals surface area contributed by atoms with Gasteiger partial charge in [-0.1, -0.05) is 81.2 Å². The molecule has 578 valence electrons. The maximum Gasteiger partial charge on any atom is 0.413 e. The Bertz CT molecular complexity index is 5270. The molecule has 0 saturated heterocycles. The number of carboxylic acids is 1. The van der Waals surface area contributed by atoms with E-state index in [1.54, 1.807) is 173 Å². The number of methoxy groups -OCH3 is 1. The third kappa shape index (κ3) is 28.2. The number of fused-ring (bicyclic) bond motifs is 6. The van der Waals surface area contributed by atoms with Gasteiger partial charge in [-0.05, 0) is 219 Å². The van der Waals surface area contributed by atoms with Crippen LogP contribution < -0.4 is 38.1 Å². The minimum Gasteiger partial charge on any atom is -0.478 e. The fraction of sp³-hybridized carbons (Fsp3) is 0.244. The molecule has 0 aliphatic rings. The number of anilines is 6. The van der Waals surface area contributed by atoms with E-state index in [9.17, 15) is 38.4 Å². The first-order chi connectivity index (χ1) is 52.1. The molecular formula is C82H87Br2N13O14. The molecule has 0 saturated carbocycles. The van der Waals surface area contributed by atoms with Crippen molar-refractivity contribution in [3.8, 4) is 0 Å². The van der Waals surface area contributed by atoms with E-state index in [0.717, 1.165) is 68.2 Å². The van der Waals surface area contributed by atoms with Crippen LogP contribution in [0, 0.1) is 0 Å². The Labute approximate surface area is 657 Å². The van der Waals surface area contributed by atoms with Gasteiger partial charge in [-0.25, -0.2) is 58.7 Å². The first kappa shape index (κ1) is 85.7. The number of hydrogen-bond acceptors (Lipinski definition) is 21. The number of carbonyl (C=O) groups is 8. The van der Waals surface area contributed by atoms with E-state index in [-0.39, 0.29) is 17.3 Å². The van der Waals surface area contributed by atoms with Gasteiger partial charge < -0.3 is 45.6 Å². The number of aromatic nitrogens is 6. The molecule has 5 amide bonds. The van der Waals surface area contributed by atoms with Gasteiger partial charge in [-0.3, -0.25) is 30.9 Å². The van der Waals surface area contributed by atoms with Gasteiger partial charge in [0.15, 0.2) is 5.78 Å². The van der Waals surface area contributed by atoms with Crippen molar-refractivity contribution in [2.45, 2.75) is 119 Å². The number of amides is 5. The minimum atomic E-state index is -1.00. The van der Waals surface area contributed by atoms with Crippen LogP contribution in [0.15, 0.2) is 192 Å². The molecule has 0 spiro atoms. The molecular weight excluding hydrogens is 1550 g/mol. The lowest BCUT2D eigenvalue weighted by atomic mass is 10.0. The Morgan fingerprint density at radius 3 is 0.964 bits per heavy atom. The SMILES string of the molecule is CC(C)(C)OC(=O)Nc1cc2cc(Br)ccc2cn1.CC(C)(C)OC(=O)Nc1cc2cc(C(=O)O)ccc2cn1.CCC(=O)c1ccc2cnc(NC(=O)OC(C)(C)C)cc2c1.CNC(=O)c1ccc2cnc(N)cc2c1.COC(=O)c1ccc2cnc(NC(=O)OC(C)(C)C)cc2c1.Nc1cc2cc(Br)ccc2cn1. The van der Waals surface area contributed by atoms with Crippen LogP contribution >= 0.6 is 31.9 Å². The number of nitrogen functional groups attached to an aromatic ring is 2. The third-order valence-electron chi connectivity index (χ3n) is 14.6. The van der Waals surface area contributed by atoms with Gasteiger partial charge in [0.2, 0.25) is 0 Å². The molecule has 6 aromatic heterocycles. The maximum atomic E-state index is 11.8. The summed E-state index contributed by atoms with van der Waals surface area (Å²) in [6.45, 7) is 23.3. The van der Waals surface area contributed by atoms with Crippen LogP contribution in [0.2, 0.25) is 0 Å². The number of carboxylic acid groups (broad SMARTS) is 1. The molecule has 0 atom stereocenters. The molecule has 0 aliphatic heterocycles. The zero-order valence-electron chi connectivity index (χ0n) is 63.9. The molecule has 12 rings (SSSR count). The Morgan fingerprint density at radius 2 is 0.640 bits per heavy atom. The Morgan fingerprint density at radius 1 is 0.369 bits per heavy atom. The van der Waals surface area contributed by atoms with E-state index in [2.05, 4.69) is 88.3 Å². The molecule has 0 radical (unpaired) electrons. The number of Topliss-reactive ketones (excluding diaryl/α,β-unsaturated/α-hetero) is 1. The molecule has 6 aromatic carbocycles. The highest BCUT2D eigenvalue weighted by molar-refractivity contribution is 9.10. The van der Waals surface area contributed by atoms with Crippen molar-refractivity contribution in [3.63, 3.8) is 0 Å². The van der Waals surface area contributed by atoms with Gasteiger partial charge in [0.1, 0.15) is 57.3 Å². The highest BCUT2D eigenvalue weighted by Gasteiger charge is 2.21. The number of rotatable bonds is 9. The van der Waals surface area contributed by atoms with Crippen LogP contribution in [0.5, 0.6) is 0 Å². The summed E-state index contributed by atoms with van der Waals surface area (Å²) in [5.74, 6) is 1.09. The summed E-state index contributed by atoms with van der Waals surface area (Å²) in [7, 11) is 2.93. The number of ether oxygens (including phenoxy) is 5. The normalized spacial score (nSPS) is 11.0. The second-order valence-electron chi connectivity index (χ2n) is 28.4. The van der Waals surface area contributed by atoms with Gasteiger partial charge in [-0.15, -0.1) is 0 Å². The molecule has 10 N–H and O–H groups in total. The lowest BCUT2D eigenvalue weighted by Crippen LogP contribution is -2.27. The largest absolute Gasteiger partial charge is 0.478 e. The lowest BCUT2D eigenvalue weighted by Gasteiger charge is -2.19. The highest BCUT2D eigenvalue weighted by Crippen LogP contribution is 2.27. The van der Waals surface area contributed by atoms with Crippen molar-refractivity contribution < 1.29 is 67.1 Å². The van der Waals surface area contributed by atoms with Gasteiger partial charge in [-0.2, -0.15) is 0 Å². The van der Waals surface area contributed by atoms with Crippen molar-refractivity contribution >= 4 is 179 Å². The Hall–Kier alpha value is -12.5. The quantitative estimate of drug-likeness (QED) is 0.0378. The van der Waals surface area contributed by atoms with E-state index >= 15 is 0 Å². The molecule has 0 unspecified atom stereocenters. The summed E-state index contributed by atoms with van der Waals surface area (Å²) in [5.41, 5.74) is 10.7. The van der Waals surface area contributed by atoms with Crippen LogP contribution in [0.3, 0.4) is 0 Å². The van der Waals surface area contributed by atoms with E-state index in [0.29, 0.717) is 63.4 Å². The number of benzene rings is 6. The van der Waals surface area contributed by atoms with Gasteiger partial charge in [0.05, 0.1) is 18.2 Å². The van der Waals surface area contributed by atoms with Crippen LogP contribution in [0.4, 0.5) is 54.1 Å². The first-order valence-electron chi connectivity index (χ1n) is 34.4. The van der Waals surface area contributed by atoms with E-state index < -0.39 is 58.7 Å². The lowest BCUT2D eigenvalue weighted by molar-refractivity contribution is 0.0595. The topological polar surface area (TPSA) is 392 Å². The summed E-state index contributed by atoms with van der Waals surface area (Å²) in [5, 5.41) is 32.8. The van der Waals surface area contributed by atoms with E-state index in [1.165, 1.54) is 19.2 Å². The van der Waals surface area contributed by atoms with Crippen LogP contribution in [0.1, 0.15) is 138 Å². The predicted octanol–water partition coefficient (Wildman–Crippen LogP) is 18.9. The Kier molecular flexibility index (Phi) is 29.4. The number of nitrogens with zero attached hydrogens (tertiary/aromatic N) is 6. The predicted molar refractivity (Wildman–Crippen MR) is 440 cm³/mol. The number of ketones is 1. The van der Waals surface area contributed by atoms with Gasteiger partial charge in [0, 0.05) is 103 Å². The molecule has 12 aromatic rings. The van der Waals surface area contributed by atoms with E-state index in [4.69, 9.17) is 40.3 Å². The fourth-order valence-corrected chi connectivity index (χ4v) is 10.5. The standard InChI is InChI=1S/C17H20N2O3.C16H18N2O4.C15H16N2O4.C14H15BrN2O2.C11H11N3O.C9H7BrN2/c1-5-14(20)11-6-7-12-10-18-15(9-13(12)8-11)19-16(21)22-17(2,3)4;1-16(2,3)22-15(20)18-13-8-12-7-10(14(19)21-4)5-6-11(12)9-17-13;1-15(2,3)21-14(20)17-12-7-11-6-9(13(18)19)4-5-10(11)8-16-12;1-14(2,3)19-13(18)17-12-7-10-6-11(15)5-4-9(10)8-16-12;1-13-11(15)7-2-3-8-6-14-10(12)5-9(8)4-7;10-8-2-1-6-5-12-9(11)4-7(6)3-8/h6-10H,5H2,1-4H3,(H,18,19,21);5-9H,1-4H3,(H,17,18,20);4-8H,1-3H3,(H,18,19)(H,16,17,20);4-8H,1-3H3,(H,16,17,18);2-6H,1H3,(H2,12,14)(H,13,15);1-5H,(H2,11,12). The number of halogens is 2. The average molecular weight is 1640 g/mol. The number of nitrogens with one attached hydrogen (secondary N) is 5. The molecule has 6 heterocycles. The molecule has 29 heteroatoms. The maximum absolute atomic E-state index is 11.8. The van der Waals surface area contributed by atoms with Crippen molar-refractivity contribution in [1.82, 2.24) is 35.2 Å². The number of aromatic carboxylic acids is 1. The molecule has 0 aliphatic carbocycles. The number of carbonyl (C=O) groups excluding carboxylic acids is 7. The summed E-state index contributed by atoms with van der Waals surface area (Å²) in [6, 6.07) is 43.0.